The van der Waals surface area contributed by atoms with Crippen molar-refractivity contribution in [1.82, 2.24) is 14.8 Å². The second kappa shape index (κ2) is 8.83. The predicted molar refractivity (Wildman–Crippen MR) is 108 cm³/mol. The number of nitrogens with one attached hydrogen (secondary N) is 1. The minimum absolute atomic E-state index is 0.108. The lowest BCUT2D eigenvalue weighted by Gasteiger charge is -2.11. The van der Waals surface area contributed by atoms with Gasteiger partial charge in [0, 0.05) is 24.7 Å². The van der Waals surface area contributed by atoms with Gasteiger partial charge >= 0.3 is 0 Å². The number of benzene rings is 2. The maximum atomic E-state index is 12.4. The molecule has 1 amide bonds. The van der Waals surface area contributed by atoms with Crippen molar-refractivity contribution in [3.05, 3.63) is 60.4 Å². The van der Waals surface area contributed by atoms with Crippen LogP contribution in [0.5, 0.6) is 0 Å². The highest BCUT2D eigenvalue weighted by molar-refractivity contribution is 7.99. The monoisotopic (exact) mass is 382 g/mol. The van der Waals surface area contributed by atoms with Gasteiger partial charge in [-0.05, 0) is 18.6 Å². The summed E-state index contributed by atoms with van der Waals surface area (Å²) in [6, 6.07) is 17.7. The molecule has 0 bridgehead atoms. The molecule has 0 aliphatic rings. The fraction of sp³-hybridized carbons (Fsp3) is 0.250. The second-order valence-electron chi connectivity index (χ2n) is 6.26. The number of aromatic nitrogens is 3. The summed E-state index contributed by atoms with van der Waals surface area (Å²) in [5.74, 6) is 0.815. The lowest BCUT2D eigenvalue weighted by Crippen LogP contribution is -2.15. The summed E-state index contributed by atoms with van der Waals surface area (Å²) >= 11 is 1.32. The van der Waals surface area contributed by atoms with Gasteiger partial charge in [-0.3, -0.25) is 4.79 Å². The van der Waals surface area contributed by atoms with E-state index in [1.807, 2.05) is 66.2 Å². The fourth-order valence-corrected chi connectivity index (χ4v) is 3.42. The lowest BCUT2D eigenvalue weighted by molar-refractivity contribution is -0.113. The molecule has 27 heavy (non-hydrogen) atoms. The molecular formula is C20H22N4O2S. The van der Waals surface area contributed by atoms with E-state index in [9.17, 15) is 9.90 Å². The molecule has 3 aromatic rings. The van der Waals surface area contributed by atoms with E-state index >= 15 is 0 Å². The van der Waals surface area contributed by atoms with Crippen LogP contribution in [-0.2, 0) is 18.3 Å². The lowest BCUT2D eigenvalue weighted by atomic mass is 10.0. The first-order valence-corrected chi connectivity index (χ1v) is 9.66. The largest absolute Gasteiger partial charge is 0.393 e. The van der Waals surface area contributed by atoms with Crippen LogP contribution in [0.4, 0.5) is 5.69 Å². The Morgan fingerprint density at radius 2 is 1.85 bits per heavy atom. The van der Waals surface area contributed by atoms with E-state index in [-0.39, 0.29) is 11.7 Å². The van der Waals surface area contributed by atoms with Crippen LogP contribution < -0.4 is 5.32 Å². The van der Waals surface area contributed by atoms with E-state index in [4.69, 9.17) is 0 Å². The zero-order valence-corrected chi connectivity index (χ0v) is 16.1. The van der Waals surface area contributed by atoms with Crippen LogP contribution in [0.2, 0.25) is 0 Å². The molecule has 0 aliphatic heterocycles. The number of nitrogens with zero attached hydrogens (tertiary/aromatic N) is 3. The standard InChI is InChI=1S/C20H22N4O2S/c1-14(25)12-18-22-23-20(24(18)2)27-13-19(26)21-17-11-7-6-10-16(17)15-8-4-3-5-9-15/h3-11,14,25H,12-13H2,1-2H3,(H,21,26)/t14-/m0/s1. The minimum Gasteiger partial charge on any atom is -0.393 e. The van der Waals surface area contributed by atoms with Crippen molar-refractivity contribution in [2.45, 2.75) is 24.6 Å². The van der Waals surface area contributed by atoms with Crippen LogP contribution in [0.3, 0.4) is 0 Å². The summed E-state index contributed by atoms with van der Waals surface area (Å²) in [6.07, 6.45) is -0.0516. The summed E-state index contributed by atoms with van der Waals surface area (Å²) < 4.78 is 1.81. The first kappa shape index (κ1) is 19.1. The van der Waals surface area contributed by atoms with Crippen molar-refractivity contribution in [1.29, 1.82) is 0 Å². The Balaban J connectivity index is 1.65. The molecule has 7 heteroatoms. The molecule has 0 aliphatic carbocycles. The highest BCUT2D eigenvalue weighted by Crippen LogP contribution is 2.28. The van der Waals surface area contributed by atoms with E-state index in [0.717, 1.165) is 16.8 Å². The van der Waals surface area contributed by atoms with Gasteiger partial charge in [0.05, 0.1) is 11.9 Å². The number of hydrogen-bond donors (Lipinski definition) is 2. The molecule has 0 saturated heterocycles. The highest BCUT2D eigenvalue weighted by atomic mass is 32.2. The minimum atomic E-state index is -0.483. The Kier molecular flexibility index (Phi) is 6.26. The molecule has 0 radical (unpaired) electrons. The third-order valence-corrected chi connectivity index (χ3v) is 5.04. The van der Waals surface area contributed by atoms with Crippen LogP contribution in [0.15, 0.2) is 59.8 Å². The number of aliphatic hydroxyl groups is 1. The van der Waals surface area contributed by atoms with E-state index in [1.54, 1.807) is 6.92 Å². The van der Waals surface area contributed by atoms with Crippen molar-refractivity contribution >= 4 is 23.4 Å². The van der Waals surface area contributed by atoms with Crippen LogP contribution >= 0.6 is 11.8 Å². The second-order valence-corrected chi connectivity index (χ2v) is 7.20. The fourth-order valence-electron chi connectivity index (χ4n) is 2.69. The van der Waals surface area contributed by atoms with E-state index in [0.29, 0.717) is 17.4 Å². The molecule has 6 nitrogen and oxygen atoms in total. The Labute approximate surface area is 162 Å². The summed E-state index contributed by atoms with van der Waals surface area (Å²) in [4.78, 5) is 12.4. The maximum absolute atomic E-state index is 12.4. The molecule has 0 spiro atoms. The van der Waals surface area contributed by atoms with Crippen molar-refractivity contribution in [3.63, 3.8) is 0 Å². The molecule has 140 valence electrons. The van der Waals surface area contributed by atoms with Gasteiger partial charge < -0.3 is 15.0 Å². The number of amides is 1. The van der Waals surface area contributed by atoms with E-state index < -0.39 is 6.10 Å². The number of aliphatic hydroxyl groups excluding tert-OH is 1. The molecule has 0 fully saturated rings. The molecule has 1 atom stereocenters. The number of rotatable bonds is 7. The molecule has 0 saturated carbocycles. The van der Waals surface area contributed by atoms with Gasteiger partial charge in [-0.2, -0.15) is 0 Å². The number of hydrogen-bond acceptors (Lipinski definition) is 5. The topological polar surface area (TPSA) is 80.0 Å². The summed E-state index contributed by atoms with van der Waals surface area (Å²) in [5, 5.41) is 21.3. The number of thioether (sulfide) groups is 1. The predicted octanol–water partition coefficient (Wildman–Crippen LogP) is 3.14. The number of anilines is 1. The molecule has 1 heterocycles. The van der Waals surface area contributed by atoms with E-state index in [2.05, 4.69) is 15.5 Å². The summed E-state index contributed by atoms with van der Waals surface area (Å²) in [7, 11) is 1.84. The van der Waals surface area contributed by atoms with Crippen LogP contribution in [0, 0.1) is 0 Å². The van der Waals surface area contributed by atoms with Crippen LogP contribution in [0.25, 0.3) is 11.1 Å². The van der Waals surface area contributed by atoms with Gasteiger partial charge in [-0.1, -0.05) is 60.3 Å². The van der Waals surface area contributed by atoms with Crippen molar-refractivity contribution < 1.29 is 9.90 Å². The third-order valence-electron chi connectivity index (χ3n) is 4.02. The maximum Gasteiger partial charge on any atom is 0.234 e. The third kappa shape index (κ3) is 4.96. The molecule has 3 rings (SSSR count). The molecule has 1 aromatic heterocycles. The molecular weight excluding hydrogens is 360 g/mol. The summed E-state index contributed by atoms with van der Waals surface area (Å²) in [6.45, 7) is 1.71. The molecule has 2 aromatic carbocycles. The summed E-state index contributed by atoms with van der Waals surface area (Å²) in [5.41, 5.74) is 2.81. The van der Waals surface area contributed by atoms with Crippen molar-refractivity contribution in [2.75, 3.05) is 11.1 Å². The van der Waals surface area contributed by atoms with Crippen LogP contribution in [0.1, 0.15) is 12.7 Å². The Bertz CT molecular complexity index is 909. The Hall–Kier alpha value is -2.64. The van der Waals surface area contributed by atoms with Crippen LogP contribution in [-0.4, -0.2) is 37.6 Å². The zero-order valence-electron chi connectivity index (χ0n) is 15.3. The zero-order chi connectivity index (χ0) is 19.2. The van der Waals surface area contributed by atoms with Crippen molar-refractivity contribution in [2.24, 2.45) is 7.05 Å². The Morgan fingerprint density at radius 1 is 1.15 bits per heavy atom. The Morgan fingerprint density at radius 3 is 2.59 bits per heavy atom. The first-order chi connectivity index (χ1) is 13.0. The highest BCUT2D eigenvalue weighted by Gasteiger charge is 2.14. The van der Waals surface area contributed by atoms with Gasteiger partial charge in [0.1, 0.15) is 5.82 Å². The van der Waals surface area contributed by atoms with Gasteiger partial charge in [-0.15, -0.1) is 10.2 Å². The van der Waals surface area contributed by atoms with Gasteiger partial charge in [0.25, 0.3) is 0 Å². The van der Waals surface area contributed by atoms with Gasteiger partial charge in [-0.25, -0.2) is 0 Å². The number of para-hydroxylation sites is 1. The number of carbonyl (C=O) groups is 1. The van der Waals surface area contributed by atoms with E-state index in [1.165, 1.54) is 11.8 Å². The average molecular weight is 382 g/mol. The average Bonchev–Trinajstić information content (AvgIpc) is 3.00. The van der Waals surface area contributed by atoms with Crippen molar-refractivity contribution in [3.8, 4) is 11.1 Å². The number of carbonyl (C=O) groups excluding carboxylic acids is 1. The quantitative estimate of drug-likeness (QED) is 0.614. The van der Waals surface area contributed by atoms with Gasteiger partial charge in [0.2, 0.25) is 5.91 Å². The SMILES string of the molecule is C[C@H](O)Cc1nnc(SCC(=O)Nc2ccccc2-c2ccccc2)n1C. The normalized spacial score (nSPS) is 12.0. The smallest absolute Gasteiger partial charge is 0.234 e. The molecule has 0 unspecified atom stereocenters. The van der Waals surface area contributed by atoms with Gasteiger partial charge in [0.15, 0.2) is 5.16 Å². The molecule has 2 N–H and O–H groups in total. The first-order valence-electron chi connectivity index (χ1n) is 8.68.